The number of carbonyl (C=O) groups excluding carboxylic acids is 3. The van der Waals surface area contributed by atoms with Crippen molar-refractivity contribution in [1.29, 1.82) is 0 Å². The van der Waals surface area contributed by atoms with Gasteiger partial charge in [0.25, 0.3) is 0 Å². The van der Waals surface area contributed by atoms with Gasteiger partial charge in [-0.1, -0.05) is 18.2 Å². The Morgan fingerprint density at radius 1 is 0.828 bits per heavy atom. The molecular formula is C22H26N4O3. The molecule has 0 atom stereocenters. The molecule has 0 radical (unpaired) electrons. The molecule has 0 aliphatic carbocycles. The quantitative estimate of drug-likeness (QED) is 0.703. The van der Waals surface area contributed by atoms with Gasteiger partial charge in [0.1, 0.15) is 0 Å². The molecule has 1 saturated heterocycles. The molecule has 29 heavy (non-hydrogen) atoms. The van der Waals surface area contributed by atoms with Crippen LogP contribution in [0.2, 0.25) is 0 Å². The number of benzene rings is 2. The van der Waals surface area contributed by atoms with Gasteiger partial charge in [0.2, 0.25) is 17.7 Å². The molecule has 7 nitrogen and oxygen atoms in total. The van der Waals surface area contributed by atoms with Crippen LogP contribution >= 0.6 is 0 Å². The summed E-state index contributed by atoms with van der Waals surface area (Å²) in [5.74, 6) is -0.220. The van der Waals surface area contributed by atoms with Crippen molar-refractivity contribution in [3.8, 4) is 0 Å². The number of carbonyl (C=O) groups is 3. The Hall–Kier alpha value is -3.19. The van der Waals surface area contributed by atoms with E-state index in [2.05, 4.69) is 20.9 Å². The molecule has 0 bridgehead atoms. The summed E-state index contributed by atoms with van der Waals surface area (Å²) in [6.45, 7) is 3.16. The van der Waals surface area contributed by atoms with Gasteiger partial charge >= 0.3 is 0 Å². The van der Waals surface area contributed by atoms with E-state index in [4.69, 9.17) is 0 Å². The first-order valence-corrected chi connectivity index (χ1v) is 9.75. The number of piperidine rings is 1. The molecule has 1 fully saturated rings. The summed E-state index contributed by atoms with van der Waals surface area (Å²) >= 11 is 0. The van der Waals surface area contributed by atoms with Gasteiger partial charge in [-0.15, -0.1) is 0 Å². The van der Waals surface area contributed by atoms with Gasteiger partial charge in [-0.2, -0.15) is 0 Å². The molecule has 2 aromatic rings. The summed E-state index contributed by atoms with van der Waals surface area (Å²) in [6, 6.07) is 16.4. The molecule has 7 heteroatoms. The average Bonchev–Trinajstić information content (AvgIpc) is 2.70. The van der Waals surface area contributed by atoms with Crippen molar-refractivity contribution < 1.29 is 14.4 Å². The minimum absolute atomic E-state index is 0.0316. The lowest BCUT2D eigenvalue weighted by Gasteiger charge is -2.30. The van der Waals surface area contributed by atoms with E-state index in [1.807, 2.05) is 30.3 Å². The Kier molecular flexibility index (Phi) is 6.97. The van der Waals surface area contributed by atoms with Gasteiger partial charge in [0, 0.05) is 29.9 Å². The molecule has 3 amide bonds. The largest absolute Gasteiger partial charge is 0.326 e. The highest BCUT2D eigenvalue weighted by atomic mass is 16.2. The van der Waals surface area contributed by atoms with Crippen molar-refractivity contribution in [3.63, 3.8) is 0 Å². The van der Waals surface area contributed by atoms with Crippen LogP contribution < -0.4 is 16.0 Å². The van der Waals surface area contributed by atoms with Gasteiger partial charge in [-0.3, -0.25) is 19.3 Å². The van der Waals surface area contributed by atoms with Crippen molar-refractivity contribution in [2.75, 3.05) is 35.6 Å². The van der Waals surface area contributed by atoms with Crippen molar-refractivity contribution >= 4 is 34.8 Å². The van der Waals surface area contributed by atoms with Crippen LogP contribution in [0.5, 0.6) is 0 Å². The number of anilines is 3. The standard InChI is InChI=1S/C22H26N4O3/c1-16(27)23-19-7-9-20(10-8-19)24-21(28)15-26-13-11-17(12-14-26)22(29)25-18-5-3-2-4-6-18/h2-10,17H,11-15H2,1H3,(H,23,27)(H,24,28)(H,25,29). The zero-order valence-electron chi connectivity index (χ0n) is 16.5. The number of nitrogens with one attached hydrogen (secondary N) is 3. The lowest BCUT2D eigenvalue weighted by molar-refractivity contribution is -0.121. The highest BCUT2D eigenvalue weighted by Crippen LogP contribution is 2.20. The minimum Gasteiger partial charge on any atom is -0.326 e. The second-order valence-electron chi connectivity index (χ2n) is 7.21. The number of rotatable bonds is 6. The molecule has 3 N–H and O–H groups in total. The van der Waals surface area contributed by atoms with E-state index < -0.39 is 0 Å². The Balaban J connectivity index is 1.41. The minimum atomic E-state index is -0.136. The first-order chi connectivity index (χ1) is 14.0. The van der Waals surface area contributed by atoms with Crippen LogP contribution in [0.4, 0.5) is 17.1 Å². The van der Waals surface area contributed by atoms with Crippen molar-refractivity contribution in [2.24, 2.45) is 5.92 Å². The summed E-state index contributed by atoms with van der Waals surface area (Å²) in [7, 11) is 0. The molecule has 3 rings (SSSR count). The number of hydrogen-bond donors (Lipinski definition) is 3. The molecule has 2 aromatic carbocycles. The topological polar surface area (TPSA) is 90.5 Å². The van der Waals surface area contributed by atoms with Crippen LogP contribution in [0, 0.1) is 5.92 Å². The lowest BCUT2D eigenvalue weighted by atomic mass is 9.96. The van der Waals surface area contributed by atoms with Gasteiger partial charge in [-0.25, -0.2) is 0 Å². The van der Waals surface area contributed by atoms with E-state index in [1.54, 1.807) is 24.3 Å². The number of hydrogen-bond acceptors (Lipinski definition) is 4. The first-order valence-electron chi connectivity index (χ1n) is 9.75. The molecular weight excluding hydrogens is 368 g/mol. The number of nitrogens with zero attached hydrogens (tertiary/aromatic N) is 1. The predicted molar refractivity (Wildman–Crippen MR) is 114 cm³/mol. The third-order valence-electron chi connectivity index (χ3n) is 4.86. The highest BCUT2D eigenvalue weighted by Gasteiger charge is 2.26. The van der Waals surface area contributed by atoms with Crippen molar-refractivity contribution in [1.82, 2.24) is 4.90 Å². The molecule has 1 heterocycles. The zero-order chi connectivity index (χ0) is 20.6. The fraction of sp³-hybridized carbons (Fsp3) is 0.318. The molecule has 152 valence electrons. The predicted octanol–water partition coefficient (Wildman–Crippen LogP) is 2.93. The SMILES string of the molecule is CC(=O)Nc1ccc(NC(=O)CN2CCC(C(=O)Nc3ccccc3)CC2)cc1. The summed E-state index contributed by atoms with van der Waals surface area (Å²) in [4.78, 5) is 37.8. The van der Waals surface area contributed by atoms with E-state index in [0.29, 0.717) is 31.0 Å². The second-order valence-corrected chi connectivity index (χ2v) is 7.21. The van der Waals surface area contributed by atoms with E-state index in [0.717, 1.165) is 18.5 Å². The Bertz CT molecular complexity index is 844. The van der Waals surface area contributed by atoms with Crippen LogP contribution in [0.25, 0.3) is 0 Å². The van der Waals surface area contributed by atoms with Crippen LogP contribution in [0.1, 0.15) is 19.8 Å². The van der Waals surface area contributed by atoms with Crippen molar-refractivity contribution in [3.05, 3.63) is 54.6 Å². The zero-order valence-corrected chi connectivity index (χ0v) is 16.5. The fourth-order valence-corrected chi connectivity index (χ4v) is 3.36. The van der Waals surface area contributed by atoms with E-state index in [1.165, 1.54) is 6.92 Å². The average molecular weight is 394 g/mol. The summed E-state index contributed by atoms with van der Waals surface area (Å²) in [5, 5.41) is 8.50. The summed E-state index contributed by atoms with van der Waals surface area (Å²) in [5.41, 5.74) is 2.18. The van der Waals surface area contributed by atoms with Crippen LogP contribution in [-0.4, -0.2) is 42.3 Å². The summed E-state index contributed by atoms with van der Waals surface area (Å²) in [6.07, 6.45) is 1.47. The number of amides is 3. The maximum atomic E-state index is 12.4. The van der Waals surface area contributed by atoms with E-state index in [9.17, 15) is 14.4 Å². The third-order valence-corrected chi connectivity index (χ3v) is 4.86. The maximum absolute atomic E-state index is 12.4. The van der Waals surface area contributed by atoms with E-state index in [-0.39, 0.29) is 23.6 Å². The number of likely N-dealkylation sites (tertiary alicyclic amines) is 1. The maximum Gasteiger partial charge on any atom is 0.238 e. The molecule has 0 saturated carbocycles. The molecule has 0 spiro atoms. The second kappa shape index (κ2) is 9.84. The third kappa shape index (κ3) is 6.43. The monoisotopic (exact) mass is 394 g/mol. The van der Waals surface area contributed by atoms with Gasteiger partial charge in [0.15, 0.2) is 0 Å². The van der Waals surface area contributed by atoms with Crippen LogP contribution in [-0.2, 0) is 14.4 Å². The van der Waals surface area contributed by atoms with Gasteiger partial charge in [-0.05, 0) is 62.3 Å². The smallest absolute Gasteiger partial charge is 0.238 e. The summed E-state index contributed by atoms with van der Waals surface area (Å²) < 4.78 is 0. The number of para-hydroxylation sites is 1. The first kappa shape index (κ1) is 20.5. The Morgan fingerprint density at radius 2 is 1.38 bits per heavy atom. The molecule has 0 unspecified atom stereocenters. The highest BCUT2D eigenvalue weighted by molar-refractivity contribution is 5.94. The van der Waals surface area contributed by atoms with Crippen LogP contribution in [0.15, 0.2) is 54.6 Å². The van der Waals surface area contributed by atoms with Gasteiger partial charge in [0.05, 0.1) is 6.54 Å². The normalized spacial score (nSPS) is 14.8. The Labute approximate surface area is 170 Å². The molecule has 0 aromatic heterocycles. The fourth-order valence-electron chi connectivity index (χ4n) is 3.36. The molecule has 1 aliphatic rings. The van der Waals surface area contributed by atoms with Gasteiger partial charge < -0.3 is 16.0 Å². The molecule has 1 aliphatic heterocycles. The van der Waals surface area contributed by atoms with Crippen molar-refractivity contribution in [2.45, 2.75) is 19.8 Å². The Morgan fingerprint density at radius 3 is 1.97 bits per heavy atom. The van der Waals surface area contributed by atoms with E-state index >= 15 is 0 Å². The van der Waals surface area contributed by atoms with Crippen LogP contribution in [0.3, 0.4) is 0 Å². The lowest BCUT2D eigenvalue weighted by Crippen LogP contribution is -2.41.